The Bertz CT molecular complexity index is 139. The van der Waals surface area contributed by atoms with Crippen molar-refractivity contribution in [3.63, 3.8) is 0 Å². The summed E-state index contributed by atoms with van der Waals surface area (Å²) in [5, 5.41) is 0. The number of hydrogen-bond acceptors (Lipinski definition) is 2. The summed E-state index contributed by atoms with van der Waals surface area (Å²) in [5.74, 6) is 0. The summed E-state index contributed by atoms with van der Waals surface area (Å²) in [7, 11) is 0. The molecule has 0 fully saturated rings. The lowest BCUT2D eigenvalue weighted by Crippen LogP contribution is -2.21. The van der Waals surface area contributed by atoms with Crippen molar-refractivity contribution in [1.29, 1.82) is 0 Å². The number of nitrogens with one attached hydrogen (secondary N) is 1. The fourth-order valence-corrected chi connectivity index (χ4v) is 0.386. The predicted octanol–water partition coefficient (Wildman–Crippen LogP) is 1.13. The highest BCUT2D eigenvalue weighted by Crippen LogP contribution is 2.25. The van der Waals surface area contributed by atoms with Crippen molar-refractivity contribution >= 4 is 0 Å². The van der Waals surface area contributed by atoms with E-state index in [1.165, 1.54) is 0 Å². The van der Waals surface area contributed by atoms with Crippen LogP contribution in [0.2, 0.25) is 0 Å². The van der Waals surface area contributed by atoms with Crippen molar-refractivity contribution < 1.29 is 18.0 Å². The summed E-state index contributed by atoms with van der Waals surface area (Å²) in [5.41, 5.74) is 0.804. The average Bonchev–Trinajstić information content (AvgIpc) is 2.08. The largest absolute Gasteiger partial charge is 0.432 e. The monoisotopic (exact) mass is 138 g/mol. The molecule has 51 valence electrons. The Kier molecular flexibility index (Phi) is 1.36. The molecule has 0 atom stereocenters. The first kappa shape index (κ1) is 6.41. The number of hydroxylamine groups is 1. The maximum atomic E-state index is 11.5. The van der Waals surface area contributed by atoms with E-state index in [4.69, 9.17) is 0 Å². The van der Waals surface area contributed by atoms with Crippen molar-refractivity contribution in [2.75, 3.05) is 0 Å². The zero-order chi connectivity index (χ0) is 6.91. The molecule has 0 aromatic carbocycles. The Labute approximate surface area is 49.3 Å². The van der Waals surface area contributed by atoms with Crippen LogP contribution in [0.15, 0.2) is 11.8 Å². The third-order valence-electron chi connectivity index (χ3n) is 0.777. The second-order valence-corrected chi connectivity index (χ2v) is 1.43. The molecule has 2 nitrogen and oxygen atoms in total. The fourth-order valence-electron chi connectivity index (χ4n) is 0.386. The van der Waals surface area contributed by atoms with Gasteiger partial charge in [-0.1, -0.05) is 0 Å². The molecular weight excluding hydrogens is 135 g/mol. The van der Waals surface area contributed by atoms with Crippen molar-refractivity contribution in [3.05, 3.63) is 18.4 Å². The van der Waals surface area contributed by atoms with Crippen LogP contribution in [0.5, 0.6) is 0 Å². The Hall–Kier alpha value is -0.710. The second kappa shape index (κ2) is 1.91. The van der Waals surface area contributed by atoms with E-state index in [2.05, 4.69) is 4.84 Å². The molecule has 0 aromatic rings. The first-order chi connectivity index (χ1) is 4.11. The van der Waals surface area contributed by atoms with Gasteiger partial charge in [0.25, 0.3) is 0 Å². The minimum Gasteiger partial charge on any atom is -0.265 e. The summed E-state index contributed by atoms with van der Waals surface area (Å²) < 4.78 is 34.6. The maximum Gasteiger partial charge on any atom is 0.432 e. The van der Waals surface area contributed by atoms with Crippen molar-refractivity contribution in [2.45, 2.75) is 6.18 Å². The molecule has 1 rings (SSSR count). The molecule has 0 saturated heterocycles. The summed E-state index contributed by atoms with van der Waals surface area (Å²) >= 11 is 0. The van der Waals surface area contributed by atoms with Crippen molar-refractivity contribution in [1.82, 2.24) is 5.48 Å². The van der Waals surface area contributed by atoms with Gasteiger partial charge in [-0.3, -0.25) is 10.3 Å². The molecule has 0 bridgehead atoms. The van der Waals surface area contributed by atoms with E-state index in [9.17, 15) is 13.2 Å². The first-order valence-electron chi connectivity index (χ1n) is 2.13. The van der Waals surface area contributed by atoms with Crippen LogP contribution in [0.3, 0.4) is 0 Å². The molecule has 1 N–H and O–H groups in total. The van der Waals surface area contributed by atoms with Gasteiger partial charge in [0.2, 0.25) is 0 Å². The molecule has 1 radical (unpaired) electrons. The smallest absolute Gasteiger partial charge is 0.265 e. The van der Waals surface area contributed by atoms with Crippen LogP contribution < -0.4 is 5.48 Å². The van der Waals surface area contributed by atoms with Crippen molar-refractivity contribution in [3.8, 4) is 0 Å². The van der Waals surface area contributed by atoms with Gasteiger partial charge in [0, 0.05) is 0 Å². The maximum absolute atomic E-state index is 11.5. The van der Waals surface area contributed by atoms with Crippen molar-refractivity contribution in [2.24, 2.45) is 0 Å². The Morgan fingerprint density at radius 1 is 1.44 bits per heavy atom. The zero-order valence-electron chi connectivity index (χ0n) is 4.20. The van der Waals surface area contributed by atoms with E-state index in [-0.39, 0.29) is 0 Å². The van der Waals surface area contributed by atoms with Gasteiger partial charge in [-0.15, -0.1) is 0 Å². The molecule has 0 amide bonds. The molecule has 5 heteroatoms. The normalized spacial score (nSPS) is 19.2. The summed E-state index contributed by atoms with van der Waals surface area (Å²) in [4.78, 5) is 4.10. The highest BCUT2D eigenvalue weighted by molar-refractivity contribution is 5.11. The highest BCUT2D eigenvalue weighted by Gasteiger charge is 2.35. The zero-order valence-corrected chi connectivity index (χ0v) is 4.20. The van der Waals surface area contributed by atoms with E-state index in [1.807, 2.05) is 0 Å². The lowest BCUT2D eigenvalue weighted by atomic mass is 10.4. The van der Waals surface area contributed by atoms with Crippen LogP contribution >= 0.6 is 0 Å². The quantitative estimate of drug-likeness (QED) is 0.541. The fraction of sp³-hybridized carbons (Fsp3) is 0.250. The van der Waals surface area contributed by atoms with E-state index in [1.54, 1.807) is 5.48 Å². The van der Waals surface area contributed by atoms with E-state index in [0.29, 0.717) is 0 Å². The van der Waals surface area contributed by atoms with Gasteiger partial charge in [-0.25, -0.2) is 0 Å². The van der Waals surface area contributed by atoms with E-state index < -0.39 is 11.9 Å². The molecular formula is C4H3F3NO. The van der Waals surface area contributed by atoms with E-state index >= 15 is 0 Å². The van der Waals surface area contributed by atoms with Gasteiger partial charge in [0.05, 0.1) is 0 Å². The minimum atomic E-state index is -4.33. The van der Waals surface area contributed by atoms with E-state index in [0.717, 1.165) is 12.7 Å². The highest BCUT2D eigenvalue weighted by atomic mass is 19.4. The number of halogens is 3. The lowest BCUT2D eigenvalue weighted by molar-refractivity contribution is -0.106. The molecule has 0 saturated carbocycles. The number of alkyl halides is 3. The molecule has 0 unspecified atom stereocenters. The van der Waals surface area contributed by atoms with Gasteiger partial charge < -0.3 is 0 Å². The van der Waals surface area contributed by atoms with Gasteiger partial charge in [-0.05, 0) is 6.08 Å². The molecule has 0 aromatic heterocycles. The third-order valence-corrected chi connectivity index (χ3v) is 0.777. The van der Waals surface area contributed by atoms with Crippen LogP contribution in [0, 0.1) is 6.61 Å². The van der Waals surface area contributed by atoms with Crippen LogP contribution in [0.25, 0.3) is 0 Å². The first-order valence-corrected chi connectivity index (χ1v) is 2.13. The van der Waals surface area contributed by atoms with Gasteiger partial charge in [0.15, 0.2) is 0 Å². The molecule has 1 heterocycles. The van der Waals surface area contributed by atoms with Crippen LogP contribution in [-0.4, -0.2) is 6.18 Å². The number of hydrogen-bond donors (Lipinski definition) is 1. The molecule has 1 aliphatic heterocycles. The topological polar surface area (TPSA) is 21.3 Å². The summed E-state index contributed by atoms with van der Waals surface area (Å²) in [6, 6.07) is 0. The van der Waals surface area contributed by atoms with Crippen LogP contribution in [0.4, 0.5) is 13.2 Å². The Morgan fingerprint density at radius 3 is 2.33 bits per heavy atom. The molecule has 0 aliphatic carbocycles. The second-order valence-electron chi connectivity index (χ2n) is 1.43. The summed E-state index contributed by atoms with van der Waals surface area (Å²) in [6.45, 7) is 0.933. The third kappa shape index (κ3) is 1.35. The van der Waals surface area contributed by atoms with Gasteiger partial charge in [-0.2, -0.15) is 13.2 Å². The van der Waals surface area contributed by atoms with Gasteiger partial charge in [0.1, 0.15) is 12.3 Å². The Balaban J connectivity index is 2.61. The Morgan fingerprint density at radius 2 is 2.11 bits per heavy atom. The average molecular weight is 138 g/mol. The minimum absolute atomic E-state index is 0.819. The SMILES string of the molecule is FC(F)(F)C1=C[CH]ON1. The predicted molar refractivity (Wildman–Crippen MR) is 22.7 cm³/mol. The van der Waals surface area contributed by atoms with Crippen LogP contribution in [-0.2, 0) is 4.84 Å². The molecule has 0 spiro atoms. The van der Waals surface area contributed by atoms with Gasteiger partial charge >= 0.3 is 6.18 Å². The van der Waals surface area contributed by atoms with Crippen LogP contribution in [0.1, 0.15) is 0 Å². The standard InChI is InChI=1S/C4H3F3NO/c5-4(6,7)3-1-2-9-8-3/h1-2,8H. The molecule has 1 aliphatic rings. The number of allylic oxidation sites excluding steroid dienone is 1. The summed E-state index contributed by atoms with van der Waals surface area (Å²) in [6.07, 6.45) is -3.51. The number of rotatable bonds is 0. The molecule has 9 heavy (non-hydrogen) atoms. The lowest BCUT2D eigenvalue weighted by Gasteiger charge is -2.05.